The molecule has 0 saturated carbocycles. The lowest BCUT2D eigenvalue weighted by Gasteiger charge is -2.32. The van der Waals surface area contributed by atoms with E-state index >= 15 is 0 Å². The van der Waals surface area contributed by atoms with E-state index in [1.165, 1.54) is 0 Å². The minimum Gasteiger partial charge on any atom is -0.482 e. The summed E-state index contributed by atoms with van der Waals surface area (Å²) in [6.07, 6.45) is 0.342. The summed E-state index contributed by atoms with van der Waals surface area (Å²) in [6.45, 7) is 2.44. The molecule has 3 rings (SSSR count). The first-order chi connectivity index (χ1) is 10.1. The number of para-hydroxylation sites is 2. The molecule has 0 radical (unpaired) electrons. The number of carbonyl (C=O) groups is 2. The molecule has 2 aliphatic heterocycles. The third kappa shape index (κ3) is 2.79. The summed E-state index contributed by atoms with van der Waals surface area (Å²) >= 11 is 0. The Balaban J connectivity index is 1.69. The zero-order valence-corrected chi connectivity index (χ0v) is 11.8. The van der Waals surface area contributed by atoms with Crippen LogP contribution >= 0.6 is 0 Å². The highest BCUT2D eigenvalue weighted by Crippen LogP contribution is 2.33. The molecule has 21 heavy (non-hydrogen) atoms. The lowest BCUT2D eigenvalue weighted by Crippen LogP contribution is -2.56. The predicted molar refractivity (Wildman–Crippen MR) is 75.1 cm³/mol. The number of benzene rings is 1. The molecule has 6 nitrogen and oxygen atoms in total. The van der Waals surface area contributed by atoms with Gasteiger partial charge in [-0.05, 0) is 31.9 Å². The van der Waals surface area contributed by atoms with Crippen molar-refractivity contribution in [1.29, 1.82) is 0 Å². The van der Waals surface area contributed by atoms with Crippen LogP contribution in [-0.4, -0.2) is 36.6 Å². The van der Waals surface area contributed by atoms with Crippen LogP contribution in [0, 0.1) is 0 Å². The summed E-state index contributed by atoms with van der Waals surface area (Å²) in [5, 5.41) is 5.49. The molecule has 0 bridgehead atoms. The molecule has 2 N–H and O–H groups in total. The molecule has 1 aromatic carbocycles. The average Bonchev–Trinajstić information content (AvgIpc) is 2.49. The summed E-state index contributed by atoms with van der Waals surface area (Å²) in [4.78, 5) is 24.0. The molecule has 1 saturated heterocycles. The second-order valence-corrected chi connectivity index (χ2v) is 5.30. The first-order valence-electron chi connectivity index (χ1n) is 7.15. The highest BCUT2D eigenvalue weighted by molar-refractivity contribution is 5.90. The number of hydrogen-bond acceptors (Lipinski definition) is 4. The van der Waals surface area contributed by atoms with Gasteiger partial charge in [0.1, 0.15) is 12.1 Å². The molecule has 2 aliphatic rings. The minimum atomic E-state index is -0.755. The van der Waals surface area contributed by atoms with Crippen LogP contribution in [0.25, 0.3) is 0 Å². The van der Waals surface area contributed by atoms with E-state index in [2.05, 4.69) is 10.6 Å². The monoisotopic (exact) mass is 290 g/mol. The standard InChI is InChI=1S/C15H18N2O4/c1-9-13(21-12-7-3-2-6-11(12)20-9)15(19)17-10-5-4-8-16-14(10)18/h2-3,6-7,9-10,13H,4-5,8H2,1H3,(H,16,18)(H,17,19). The number of ether oxygens (including phenoxy) is 2. The van der Waals surface area contributed by atoms with Gasteiger partial charge < -0.3 is 20.1 Å². The van der Waals surface area contributed by atoms with Crippen LogP contribution in [0.3, 0.4) is 0 Å². The maximum atomic E-state index is 12.3. The number of amides is 2. The number of nitrogens with one attached hydrogen (secondary N) is 2. The molecule has 112 valence electrons. The van der Waals surface area contributed by atoms with Gasteiger partial charge in [0.2, 0.25) is 12.0 Å². The van der Waals surface area contributed by atoms with Gasteiger partial charge in [-0.25, -0.2) is 0 Å². The van der Waals surface area contributed by atoms with Gasteiger partial charge in [-0.1, -0.05) is 12.1 Å². The summed E-state index contributed by atoms with van der Waals surface area (Å²) < 4.78 is 11.4. The number of rotatable bonds is 2. The summed E-state index contributed by atoms with van der Waals surface area (Å²) in [5.74, 6) is 0.715. The molecule has 0 aliphatic carbocycles. The van der Waals surface area contributed by atoms with E-state index in [0.717, 1.165) is 6.42 Å². The minimum absolute atomic E-state index is 0.139. The van der Waals surface area contributed by atoms with Crippen molar-refractivity contribution in [3.05, 3.63) is 24.3 Å². The van der Waals surface area contributed by atoms with Gasteiger partial charge in [-0.15, -0.1) is 0 Å². The lowest BCUT2D eigenvalue weighted by molar-refractivity contribution is -0.137. The molecule has 1 aromatic rings. The van der Waals surface area contributed by atoms with E-state index < -0.39 is 18.2 Å². The molecule has 2 heterocycles. The van der Waals surface area contributed by atoms with E-state index in [9.17, 15) is 9.59 Å². The summed E-state index contributed by atoms with van der Waals surface area (Å²) in [6, 6.07) is 6.74. The van der Waals surface area contributed by atoms with Crippen molar-refractivity contribution in [3.63, 3.8) is 0 Å². The highest BCUT2D eigenvalue weighted by atomic mass is 16.6. The average molecular weight is 290 g/mol. The van der Waals surface area contributed by atoms with E-state index in [0.29, 0.717) is 24.5 Å². The van der Waals surface area contributed by atoms with Crippen molar-refractivity contribution < 1.29 is 19.1 Å². The topological polar surface area (TPSA) is 76.7 Å². The van der Waals surface area contributed by atoms with Gasteiger partial charge in [0.25, 0.3) is 5.91 Å². The van der Waals surface area contributed by atoms with Gasteiger partial charge in [0.05, 0.1) is 0 Å². The van der Waals surface area contributed by atoms with E-state index in [4.69, 9.17) is 9.47 Å². The summed E-state index contributed by atoms with van der Waals surface area (Å²) in [5.41, 5.74) is 0. The first-order valence-corrected chi connectivity index (χ1v) is 7.15. The zero-order valence-electron chi connectivity index (χ0n) is 11.8. The Morgan fingerprint density at radius 2 is 2.00 bits per heavy atom. The smallest absolute Gasteiger partial charge is 0.265 e. The molecule has 2 amide bonds. The van der Waals surface area contributed by atoms with Crippen molar-refractivity contribution in [3.8, 4) is 11.5 Å². The van der Waals surface area contributed by atoms with Crippen LogP contribution in [0.2, 0.25) is 0 Å². The van der Waals surface area contributed by atoms with Gasteiger partial charge in [-0.2, -0.15) is 0 Å². The van der Waals surface area contributed by atoms with Crippen LogP contribution in [0.5, 0.6) is 11.5 Å². The van der Waals surface area contributed by atoms with Crippen molar-refractivity contribution >= 4 is 11.8 Å². The maximum absolute atomic E-state index is 12.3. The quantitative estimate of drug-likeness (QED) is 0.836. The third-order valence-corrected chi connectivity index (χ3v) is 3.70. The van der Waals surface area contributed by atoms with Crippen molar-refractivity contribution in [2.45, 2.75) is 38.0 Å². The second kappa shape index (κ2) is 5.63. The van der Waals surface area contributed by atoms with Crippen molar-refractivity contribution in [2.24, 2.45) is 0 Å². The lowest BCUT2D eigenvalue weighted by atomic mass is 10.1. The molecule has 6 heteroatoms. The Kier molecular flexibility index (Phi) is 3.68. The molecular weight excluding hydrogens is 272 g/mol. The zero-order chi connectivity index (χ0) is 14.8. The Bertz CT molecular complexity index is 560. The second-order valence-electron chi connectivity index (χ2n) is 5.30. The van der Waals surface area contributed by atoms with E-state index in [1.54, 1.807) is 19.1 Å². The molecule has 0 aromatic heterocycles. The van der Waals surface area contributed by atoms with Crippen LogP contribution in [0.15, 0.2) is 24.3 Å². The van der Waals surface area contributed by atoms with Gasteiger partial charge in [0, 0.05) is 6.54 Å². The Morgan fingerprint density at radius 3 is 2.71 bits per heavy atom. The Morgan fingerprint density at radius 1 is 1.29 bits per heavy atom. The Hall–Kier alpha value is -2.24. The van der Waals surface area contributed by atoms with Crippen LogP contribution in [-0.2, 0) is 9.59 Å². The fraction of sp³-hybridized carbons (Fsp3) is 0.467. The number of fused-ring (bicyclic) bond motifs is 1. The van der Waals surface area contributed by atoms with Crippen molar-refractivity contribution in [2.75, 3.05) is 6.54 Å². The largest absolute Gasteiger partial charge is 0.482 e. The fourth-order valence-electron chi connectivity index (χ4n) is 2.57. The number of hydrogen-bond donors (Lipinski definition) is 2. The van der Waals surface area contributed by atoms with Crippen LogP contribution in [0.1, 0.15) is 19.8 Å². The van der Waals surface area contributed by atoms with Gasteiger partial charge in [-0.3, -0.25) is 9.59 Å². The fourth-order valence-corrected chi connectivity index (χ4v) is 2.57. The number of carbonyl (C=O) groups excluding carboxylic acids is 2. The highest BCUT2D eigenvalue weighted by Gasteiger charge is 2.36. The molecule has 3 unspecified atom stereocenters. The number of piperidine rings is 1. The maximum Gasteiger partial charge on any atom is 0.265 e. The molecular formula is C15H18N2O4. The molecule has 0 spiro atoms. The van der Waals surface area contributed by atoms with Crippen LogP contribution in [0.4, 0.5) is 0 Å². The first kappa shape index (κ1) is 13.7. The van der Waals surface area contributed by atoms with E-state index in [-0.39, 0.29) is 11.8 Å². The van der Waals surface area contributed by atoms with Crippen LogP contribution < -0.4 is 20.1 Å². The third-order valence-electron chi connectivity index (χ3n) is 3.70. The molecule has 3 atom stereocenters. The molecule has 1 fully saturated rings. The summed E-state index contributed by atoms with van der Waals surface area (Å²) in [7, 11) is 0. The Labute approximate surface area is 122 Å². The van der Waals surface area contributed by atoms with E-state index in [1.807, 2.05) is 12.1 Å². The van der Waals surface area contributed by atoms with Gasteiger partial charge >= 0.3 is 0 Å². The van der Waals surface area contributed by atoms with Crippen molar-refractivity contribution in [1.82, 2.24) is 10.6 Å². The predicted octanol–water partition coefficient (Wildman–Crippen LogP) is 0.610. The van der Waals surface area contributed by atoms with Gasteiger partial charge in [0.15, 0.2) is 11.5 Å². The SMILES string of the molecule is CC1Oc2ccccc2OC1C(=O)NC1CCCNC1=O. The normalized spacial score (nSPS) is 27.7.